The Morgan fingerprint density at radius 1 is 1.44 bits per heavy atom. The van der Waals surface area contributed by atoms with Crippen LogP contribution in [-0.4, -0.2) is 18.1 Å². The first-order valence-electron chi connectivity index (χ1n) is 4.89. The molecule has 0 radical (unpaired) electrons. The smallest absolute Gasteiger partial charge is 0.130 e. The fourth-order valence-corrected chi connectivity index (χ4v) is 1.28. The van der Waals surface area contributed by atoms with Crippen LogP contribution in [0, 0.1) is 22.7 Å². The summed E-state index contributed by atoms with van der Waals surface area (Å²) >= 11 is 0. The summed E-state index contributed by atoms with van der Waals surface area (Å²) in [6, 6.07) is 7.55. The summed E-state index contributed by atoms with van der Waals surface area (Å²) in [7, 11) is 0. The van der Waals surface area contributed by atoms with Crippen molar-refractivity contribution in [2.45, 2.75) is 13.0 Å². The summed E-state index contributed by atoms with van der Waals surface area (Å²) in [5.41, 5.74) is 6.69. The fraction of sp³-hybridized carbons (Fsp3) is 0.364. The van der Waals surface area contributed by atoms with Crippen molar-refractivity contribution in [3.63, 3.8) is 0 Å². The van der Waals surface area contributed by atoms with Gasteiger partial charge in [-0.25, -0.2) is 4.98 Å². The lowest BCUT2D eigenvalue weighted by Gasteiger charge is -2.18. The quantitative estimate of drug-likeness (QED) is 0.755. The second-order valence-corrected chi connectivity index (χ2v) is 3.41. The van der Waals surface area contributed by atoms with Gasteiger partial charge in [-0.2, -0.15) is 10.5 Å². The van der Waals surface area contributed by atoms with Crippen LogP contribution < -0.4 is 10.6 Å². The third-order valence-corrected chi connectivity index (χ3v) is 2.14. The van der Waals surface area contributed by atoms with Crippen LogP contribution >= 0.6 is 0 Å². The highest BCUT2D eigenvalue weighted by Gasteiger charge is 2.08. The minimum Gasteiger partial charge on any atom is -0.330 e. The Morgan fingerprint density at radius 3 is 2.56 bits per heavy atom. The fourth-order valence-electron chi connectivity index (χ4n) is 1.28. The molecule has 1 rings (SSSR count). The van der Waals surface area contributed by atoms with E-state index < -0.39 is 0 Å². The number of hydrogen-bond acceptors (Lipinski definition) is 5. The highest BCUT2D eigenvalue weighted by Crippen LogP contribution is 2.16. The van der Waals surface area contributed by atoms with Gasteiger partial charge in [0.15, 0.2) is 0 Å². The number of nitrogens with zero attached hydrogens (tertiary/aromatic N) is 4. The number of rotatable bonds is 4. The Kier molecular flexibility index (Phi) is 4.26. The van der Waals surface area contributed by atoms with Crippen LogP contribution in [0.25, 0.3) is 0 Å². The van der Waals surface area contributed by atoms with Gasteiger partial charge in [-0.05, 0) is 24.6 Å². The van der Waals surface area contributed by atoms with Crippen molar-refractivity contribution >= 4 is 5.82 Å². The molecule has 0 saturated carbocycles. The first kappa shape index (κ1) is 12.0. The zero-order valence-electron chi connectivity index (χ0n) is 9.09. The largest absolute Gasteiger partial charge is 0.330 e. The minimum absolute atomic E-state index is 0.0900. The molecule has 0 aliphatic rings. The first-order valence-corrected chi connectivity index (χ1v) is 4.89. The van der Waals surface area contributed by atoms with Crippen molar-refractivity contribution in [1.82, 2.24) is 4.98 Å². The van der Waals surface area contributed by atoms with Gasteiger partial charge in [-0.1, -0.05) is 0 Å². The maximum Gasteiger partial charge on any atom is 0.130 e. The molecule has 0 bridgehead atoms. The van der Waals surface area contributed by atoms with E-state index in [1.807, 2.05) is 25.1 Å². The van der Waals surface area contributed by atoms with Crippen LogP contribution in [0.5, 0.6) is 0 Å². The van der Waals surface area contributed by atoms with Crippen LogP contribution in [0.2, 0.25) is 0 Å². The summed E-state index contributed by atoms with van der Waals surface area (Å²) in [6.45, 7) is 2.16. The standard InChI is InChI=1S/C11H13N5/c1-9(14)10-2-5-15-11(8-10)16(6-3-12)7-4-13/h2,5,8-9H,6-7,14H2,1H3/t9-/m1/s1. The van der Waals surface area contributed by atoms with E-state index in [0.717, 1.165) is 5.56 Å². The third-order valence-electron chi connectivity index (χ3n) is 2.14. The molecular weight excluding hydrogens is 202 g/mol. The number of nitriles is 2. The van der Waals surface area contributed by atoms with E-state index in [-0.39, 0.29) is 19.1 Å². The molecule has 2 N–H and O–H groups in total. The number of aromatic nitrogens is 1. The van der Waals surface area contributed by atoms with Gasteiger partial charge >= 0.3 is 0 Å². The topological polar surface area (TPSA) is 89.7 Å². The predicted molar refractivity (Wildman–Crippen MR) is 60.3 cm³/mol. The van der Waals surface area contributed by atoms with Gasteiger partial charge in [0.2, 0.25) is 0 Å². The molecule has 1 atom stereocenters. The van der Waals surface area contributed by atoms with E-state index in [2.05, 4.69) is 4.98 Å². The van der Waals surface area contributed by atoms with E-state index in [0.29, 0.717) is 5.82 Å². The number of hydrogen-bond donors (Lipinski definition) is 1. The average Bonchev–Trinajstić information content (AvgIpc) is 2.29. The van der Waals surface area contributed by atoms with E-state index in [4.69, 9.17) is 16.3 Å². The molecule has 0 aliphatic heterocycles. The van der Waals surface area contributed by atoms with E-state index >= 15 is 0 Å². The zero-order valence-corrected chi connectivity index (χ0v) is 9.09. The molecule has 0 aliphatic carbocycles. The molecule has 0 aromatic carbocycles. The summed E-state index contributed by atoms with van der Waals surface area (Å²) in [4.78, 5) is 5.73. The molecule has 0 unspecified atom stereocenters. The highest BCUT2D eigenvalue weighted by molar-refractivity contribution is 5.43. The SMILES string of the molecule is C[C@@H](N)c1ccnc(N(CC#N)CC#N)c1. The Hall–Kier alpha value is -2.11. The van der Waals surface area contributed by atoms with Gasteiger partial charge in [0, 0.05) is 12.2 Å². The minimum atomic E-state index is -0.0900. The van der Waals surface area contributed by atoms with Crippen LogP contribution in [0.4, 0.5) is 5.82 Å². The normalized spacial score (nSPS) is 11.2. The maximum absolute atomic E-state index is 8.65. The molecule has 0 fully saturated rings. The molecular formula is C11H13N5. The molecule has 0 spiro atoms. The molecule has 5 nitrogen and oxygen atoms in total. The van der Waals surface area contributed by atoms with Crippen LogP contribution in [0.1, 0.15) is 18.5 Å². The van der Waals surface area contributed by atoms with E-state index in [1.165, 1.54) is 0 Å². The lowest BCUT2D eigenvalue weighted by molar-refractivity contribution is 0.811. The van der Waals surface area contributed by atoms with Gasteiger partial charge in [-0.3, -0.25) is 0 Å². The second kappa shape index (κ2) is 5.69. The number of nitrogens with two attached hydrogens (primary N) is 1. The molecule has 82 valence electrons. The van der Waals surface area contributed by atoms with Gasteiger partial charge in [-0.15, -0.1) is 0 Å². The van der Waals surface area contributed by atoms with Crippen molar-refractivity contribution in [2.75, 3.05) is 18.0 Å². The van der Waals surface area contributed by atoms with E-state index in [1.54, 1.807) is 17.2 Å². The summed E-state index contributed by atoms with van der Waals surface area (Å²) in [5, 5.41) is 17.3. The summed E-state index contributed by atoms with van der Waals surface area (Å²) in [5.74, 6) is 0.609. The average molecular weight is 215 g/mol. The van der Waals surface area contributed by atoms with Gasteiger partial charge < -0.3 is 10.6 Å². The van der Waals surface area contributed by atoms with Crippen molar-refractivity contribution in [3.8, 4) is 12.1 Å². The molecule has 0 saturated heterocycles. The number of pyridine rings is 1. The van der Waals surface area contributed by atoms with Crippen molar-refractivity contribution in [2.24, 2.45) is 5.73 Å². The summed E-state index contributed by atoms with van der Waals surface area (Å²) < 4.78 is 0. The molecule has 1 aromatic rings. The van der Waals surface area contributed by atoms with Gasteiger partial charge in [0.25, 0.3) is 0 Å². The van der Waals surface area contributed by atoms with Gasteiger partial charge in [0.1, 0.15) is 18.9 Å². The van der Waals surface area contributed by atoms with Crippen molar-refractivity contribution < 1.29 is 0 Å². The van der Waals surface area contributed by atoms with Crippen LogP contribution in [-0.2, 0) is 0 Å². The molecule has 0 amide bonds. The second-order valence-electron chi connectivity index (χ2n) is 3.41. The molecule has 16 heavy (non-hydrogen) atoms. The van der Waals surface area contributed by atoms with Gasteiger partial charge in [0.05, 0.1) is 12.1 Å². The maximum atomic E-state index is 8.65. The Labute approximate surface area is 94.7 Å². The lowest BCUT2D eigenvalue weighted by Crippen LogP contribution is -2.25. The third kappa shape index (κ3) is 2.94. The highest BCUT2D eigenvalue weighted by atomic mass is 15.2. The van der Waals surface area contributed by atoms with Crippen molar-refractivity contribution in [3.05, 3.63) is 23.9 Å². The Morgan fingerprint density at radius 2 is 2.06 bits per heavy atom. The first-order chi connectivity index (χ1) is 7.69. The monoisotopic (exact) mass is 215 g/mol. The Bertz CT molecular complexity index is 411. The lowest BCUT2D eigenvalue weighted by atomic mass is 10.1. The predicted octanol–water partition coefficient (Wildman–Crippen LogP) is 0.955. The molecule has 5 heteroatoms. The van der Waals surface area contributed by atoms with E-state index in [9.17, 15) is 0 Å². The summed E-state index contributed by atoms with van der Waals surface area (Å²) in [6.07, 6.45) is 1.63. The Balaban J connectivity index is 2.97. The van der Waals surface area contributed by atoms with Crippen molar-refractivity contribution in [1.29, 1.82) is 10.5 Å². The van der Waals surface area contributed by atoms with Crippen LogP contribution in [0.15, 0.2) is 18.3 Å². The van der Waals surface area contributed by atoms with Crippen LogP contribution in [0.3, 0.4) is 0 Å². The number of anilines is 1. The zero-order chi connectivity index (χ0) is 12.0. The molecule has 1 heterocycles. The molecule has 1 aromatic heterocycles.